The van der Waals surface area contributed by atoms with Gasteiger partial charge in [-0.3, -0.25) is 0 Å². The smallest absolute Gasteiger partial charge is 0.318 e. The van der Waals surface area contributed by atoms with E-state index in [1.807, 2.05) is 0 Å². The van der Waals surface area contributed by atoms with E-state index >= 15 is 0 Å². The van der Waals surface area contributed by atoms with Crippen molar-refractivity contribution in [1.29, 1.82) is 0 Å². The second-order valence-electron chi connectivity index (χ2n) is 2.90. The highest BCUT2D eigenvalue weighted by Gasteiger charge is 2.03. The first kappa shape index (κ1) is 12.0. The Kier molecular flexibility index (Phi) is 4.30. The third-order valence-corrected chi connectivity index (χ3v) is 1.78. The normalized spacial score (nSPS) is 8.94. The van der Waals surface area contributed by atoms with E-state index in [0.29, 0.717) is 5.69 Å². The van der Waals surface area contributed by atoms with Crippen LogP contribution in [0.1, 0.15) is 5.56 Å². The molecule has 0 saturated heterocycles. The predicted molar refractivity (Wildman–Crippen MR) is 60.4 cm³/mol. The van der Waals surface area contributed by atoms with Gasteiger partial charge >= 0.3 is 6.03 Å². The summed E-state index contributed by atoms with van der Waals surface area (Å²) in [5.74, 6) is 4.65. The molecule has 4 nitrogen and oxygen atoms in total. The number of benzene rings is 1. The fourth-order valence-electron chi connectivity index (χ4n) is 1.03. The van der Waals surface area contributed by atoms with Crippen LogP contribution < -0.4 is 16.4 Å². The maximum absolute atomic E-state index is 13.4. The molecule has 0 radical (unpaired) electrons. The van der Waals surface area contributed by atoms with Gasteiger partial charge in [0.25, 0.3) is 0 Å². The standard InChI is InChI=1S/C11H12FN3O/c1-14-11(16)15-9-5-4-8(3-2-6-13)10(12)7-9/h4-5,7H,6,13H2,1H3,(H2,14,15,16). The van der Waals surface area contributed by atoms with Crippen molar-refractivity contribution in [1.82, 2.24) is 5.32 Å². The Morgan fingerprint density at radius 1 is 1.56 bits per heavy atom. The summed E-state index contributed by atoms with van der Waals surface area (Å²) in [6.45, 7) is 0.178. The van der Waals surface area contributed by atoms with Crippen molar-refractivity contribution in [3.63, 3.8) is 0 Å². The number of carbonyl (C=O) groups is 1. The molecule has 2 amide bonds. The van der Waals surface area contributed by atoms with Crippen LogP contribution in [0.3, 0.4) is 0 Å². The summed E-state index contributed by atoms with van der Waals surface area (Å²) < 4.78 is 13.4. The lowest BCUT2D eigenvalue weighted by Crippen LogP contribution is -2.24. The molecule has 0 heterocycles. The molecule has 0 unspecified atom stereocenters. The minimum Gasteiger partial charge on any atom is -0.341 e. The van der Waals surface area contributed by atoms with Crippen LogP contribution in [-0.2, 0) is 0 Å². The van der Waals surface area contributed by atoms with Crippen molar-refractivity contribution in [3.8, 4) is 11.8 Å². The molecule has 16 heavy (non-hydrogen) atoms. The van der Waals surface area contributed by atoms with Crippen molar-refractivity contribution in [2.24, 2.45) is 5.73 Å². The Morgan fingerprint density at radius 2 is 2.31 bits per heavy atom. The van der Waals surface area contributed by atoms with Gasteiger partial charge in [-0.15, -0.1) is 0 Å². The van der Waals surface area contributed by atoms with Crippen LogP contribution in [0.2, 0.25) is 0 Å². The molecule has 1 aromatic carbocycles. The average Bonchev–Trinajstić information content (AvgIpc) is 2.28. The van der Waals surface area contributed by atoms with E-state index in [-0.39, 0.29) is 12.1 Å². The van der Waals surface area contributed by atoms with Crippen molar-refractivity contribution >= 4 is 11.7 Å². The summed E-state index contributed by atoms with van der Waals surface area (Å²) in [6, 6.07) is 3.86. The molecule has 0 fully saturated rings. The Morgan fingerprint density at radius 3 is 2.88 bits per heavy atom. The fourth-order valence-corrected chi connectivity index (χ4v) is 1.03. The Hall–Kier alpha value is -2.06. The average molecular weight is 221 g/mol. The molecule has 1 rings (SSSR count). The number of urea groups is 1. The van der Waals surface area contributed by atoms with E-state index in [9.17, 15) is 9.18 Å². The molecule has 0 aliphatic heterocycles. The lowest BCUT2D eigenvalue weighted by atomic mass is 10.2. The molecule has 84 valence electrons. The van der Waals surface area contributed by atoms with Crippen LogP contribution in [0.25, 0.3) is 0 Å². The van der Waals surface area contributed by atoms with Gasteiger partial charge in [0.2, 0.25) is 0 Å². The molecule has 0 bridgehead atoms. The monoisotopic (exact) mass is 221 g/mol. The Labute approximate surface area is 93.0 Å². The lowest BCUT2D eigenvalue weighted by Gasteiger charge is -2.04. The summed E-state index contributed by atoms with van der Waals surface area (Å²) in [7, 11) is 1.48. The van der Waals surface area contributed by atoms with Gasteiger partial charge < -0.3 is 16.4 Å². The number of nitrogens with one attached hydrogen (secondary N) is 2. The number of halogens is 1. The number of carbonyl (C=O) groups excluding carboxylic acids is 1. The quantitative estimate of drug-likeness (QED) is 0.616. The number of amides is 2. The second kappa shape index (κ2) is 5.73. The van der Waals surface area contributed by atoms with Gasteiger partial charge in [-0.2, -0.15) is 0 Å². The molecule has 0 aliphatic rings. The molecule has 1 aromatic rings. The third kappa shape index (κ3) is 3.26. The van der Waals surface area contributed by atoms with Crippen LogP contribution >= 0.6 is 0 Å². The zero-order valence-electron chi connectivity index (χ0n) is 8.80. The summed E-state index contributed by atoms with van der Waals surface area (Å²) in [5, 5.41) is 4.82. The first-order valence-electron chi connectivity index (χ1n) is 4.64. The zero-order valence-corrected chi connectivity index (χ0v) is 8.80. The van der Waals surface area contributed by atoms with Gasteiger partial charge in [0.05, 0.1) is 12.1 Å². The van der Waals surface area contributed by atoms with Crippen LogP contribution in [0, 0.1) is 17.7 Å². The highest BCUT2D eigenvalue weighted by atomic mass is 19.1. The van der Waals surface area contributed by atoms with Crippen molar-refractivity contribution in [2.75, 3.05) is 18.9 Å². The topological polar surface area (TPSA) is 67.2 Å². The van der Waals surface area contributed by atoms with Gasteiger partial charge in [-0.1, -0.05) is 11.8 Å². The molecule has 4 N–H and O–H groups in total. The summed E-state index contributed by atoms with van der Waals surface area (Å²) in [5.41, 5.74) is 5.81. The highest BCUT2D eigenvalue weighted by molar-refractivity contribution is 5.89. The highest BCUT2D eigenvalue weighted by Crippen LogP contribution is 2.13. The summed E-state index contributed by atoms with van der Waals surface area (Å²) >= 11 is 0. The van der Waals surface area contributed by atoms with Crippen molar-refractivity contribution in [3.05, 3.63) is 29.6 Å². The molecule has 0 atom stereocenters. The van der Waals surface area contributed by atoms with E-state index in [2.05, 4.69) is 22.5 Å². The van der Waals surface area contributed by atoms with E-state index in [4.69, 9.17) is 5.73 Å². The van der Waals surface area contributed by atoms with E-state index in [1.165, 1.54) is 19.2 Å². The minimum atomic E-state index is -0.491. The van der Waals surface area contributed by atoms with Crippen LogP contribution in [0.15, 0.2) is 18.2 Å². The van der Waals surface area contributed by atoms with Gasteiger partial charge in [0.15, 0.2) is 0 Å². The largest absolute Gasteiger partial charge is 0.341 e. The molecular weight excluding hydrogens is 209 g/mol. The minimum absolute atomic E-state index is 0.178. The predicted octanol–water partition coefficient (Wildman–Crippen LogP) is 0.887. The van der Waals surface area contributed by atoms with E-state index < -0.39 is 11.8 Å². The molecule has 0 aromatic heterocycles. The third-order valence-electron chi connectivity index (χ3n) is 1.78. The van der Waals surface area contributed by atoms with Crippen LogP contribution in [0.4, 0.5) is 14.9 Å². The van der Waals surface area contributed by atoms with Crippen molar-refractivity contribution < 1.29 is 9.18 Å². The zero-order chi connectivity index (χ0) is 12.0. The Bertz CT molecular complexity index is 448. The van der Waals surface area contributed by atoms with Gasteiger partial charge in [-0.25, -0.2) is 9.18 Å². The van der Waals surface area contributed by atoms with Gasteiger partial charge in [-0.05, 0) is 18.2 Å². The molecule has 5 heteroatoms. The maximum atomic E-state index is 13.4. The number of hydrogen-bond acceptors (Lipinski definition) is 2. The first-order chi connectivity index (χ1) is 7.67. The number of hydrogen-bond donors (Lipinski definition) is 3. The van der Waals surface area contributed by atoms with Crippen LogP contribution in [0.5, 0.6) is 0 Å². The summed E-state index contributed by atoms with van der Waals surface area (Å²) in [4.78, 5) is 11.0. The molecule has 0 spiro atoms. The number of anilines is 1. The lowest BCUT2D eigenvalue weighted by molar-refractivity contribution is 0.254. The van der Waals surface area contributed by atoms with E-state index in [1.54, 1.807) is 6.07 Å². The van der Waals surface area contributed by atoms with Gasteiger partial charge in [0.1, 0.15) is 5.82 Å². The maximum Gasteiger partial charge on any atom is 0.318 e. The van der Waals surface area contributed by atoms with Crippen LogP contribution in [-0.4, -0.2) is 19.6 Å². The number of rotatable bonds is 1. The SMILES string of the molecule is CNC(=O)Nc1ccc(C#CCN)c(F)c1. The van der Waals surface area contributed by atoms with E-state index in [0.717, 1.165) is 0 Å². The fraction of sp³-hybridized carbons (Fsp3) is 0.182. The number of nitrogens with two attached hydrogens (primary N) is 1. The molecule has 0 saturated carbocycles. The molecule has 0 aliphatic carbocycles. The second-order valence-corrected chi connectivity index (χ2v) is 2.90. The van der Waals surface area contributed by atoms with Crippen molar-refractivity contribution in [2.45, 2.75) is 0 Å². The summed E-state index contributed by atoms with van der Waals surface area (Å²) in [6.07, 6.45) is 0. The first-order valence-corrected chi connectivity index (χ1v) is 4.64. The Balaban J connectivity index is 2.86. The van der Waals surface area contributed by atoms with Gasteiger partial charge in [0, 0.05) is 12.7 Å². The molecular formula is C11H12FN3O.